The topological polar surface area (TPSA) is 168 Å². The number of hydrogen-bond donors (Lipinski definition) is 5. The third kappa shape index (κ3) is 8.74. The number of H-pyrrole nitrogens is 2. The Morgan fingerprint density at radius 1 is 0.706 bits per heavy atom. The molecule has 1 amide bonds. The summed E-state index contributed by atoms with van der Waals surface area (Å²) in [6.07, 6.45) is 16.2. The molecule has 0 aromatic carbocycles. The molecule has 4 aromatic rings. The van der Waals surface area contributed by atoms with Gasteiger partial charge in [-0.2, -0.15) is 9.97 Å². The summed E-state index contributed by atoms with van der Waals surface area (Å²) >= 11 is 2.90. The van der Waals surface area contributed by atoms with Crippen molar-refractivity contribution in [3.63, 3.8) is 0 Å². The standard InChI is InChI=1S/C18H25N3O2SSi.C9H8N2O3S.C9H19NSi/c22-17(19-12-5-9-25(10-6-12)7-1-2-8-25)14-11-15-16(20-14)21-18(24-15)23-13-3-4-13;12-8(13)5-3-6-7(10-5)11-9(15-6)14-4-1-2-4;10-9-3-7-11(8-4-9)5-1-2-6-11/h11-13,20H,1-10H2,(H,19,22);3-4,10H,1-2H2,(H,12,13);9H,1-8,10H2. The molecule has 4 saturated heterocycles. The van der Waals surface area contributed by atoms with Crippen molar-refractivity contribution in [2.45, 2.75) is 150 Å². The first-order chi connectivity index (χ1) is 24.7. The van der Waals surface area contributed by atoms with Crippen LogP contribution in [0.1, 0.15) is 98.0 Å². The number of aromatic nitrogens is 4. The van der Waals surface area contributed by atoms with Gasteiger partial charge in [-0.15, -0.1) is 0 Å². The lowest BCUT2D eigenvalue weighted by Gasteiger charge is -2.35. The maximum atomic E-state index is 12.6. The number of carboxylic acids is 1. The van der Waals surface area contributed by atoms with Gasteiger partial charge in [-0.3, -0.25) is 4.79 Å². The second-order valence-corrected chi connectivity index (χ2v) is 28.2. The summed E-state index contributed by atoms with van der Waals surface area (Å²) in [7, 11) is -1.54. The molecule has 2 spiro atoms. The fourth-order valence-corrected chi connectivity index (χ4v) is 21.4. The van der Waals surface area contributed by atoms with Crippen molar-refractivity contribution in [2.24, 2.45) is 5.73 Å². The van der Waals surface area contributed by atoms with E-state index in [4.69, 9.17) is 20.3 Å². The van der Waals surface area contributed by atoms with Crippen LogP contribution >= 0.6 is 22.7 Å². The number of nitrogens with zero attached hydrogens (tertiary/aromatic N) is 2. The van der Waals surface area contributed by atoms with Crippen LogP contribution in [-0.4, -0.2) is 77.4 Å². The van der Waals surface area contributed by atoms with Crippen molar-refractivity contribution >= 4 is 71.4 Å². The maximum absolute atomic E-state index is 12.6. The molecule has 276 valence electrons. The number of nitrogens with one attached hydrogen (secondary N) is 3. The van der Waals surface area contributed by atoms with Crippen molar-refractivity contribution in [3.8, 4) is 10.4 Å². The fourth-order valence-electron chi connectivity index (χ4n) is 8.72. The van der Waals surface area contributed by atoms with E-state index in [0.29, 0.717) is 40.8 Å². The molecule has 6 aliphatic rings. The van der Waals surface area contributed by atoms with Crippen LogP contribution in [0.25, 0.3) is 20.7 Å². The highest BCUT2D eigenvalue weighted by atomic mass is 32.1. The summed E-state index contributed by atoms with van der Waals surface area (Å²) < 4.78 is 13.1. The average Bonchev–Trinajstić information content (AvgIpc) is 3.65. The van der Waals surface area contributed by atoms with E-state index in [1.165, 1.54) is 85.4 Å². The number of fused-ring (bicyclic) bond motifs is 2. The monoisotopic (exact) mass is 768 g/mol. The molecule has 2 aliphatic carbocycles. The van der Waals surface area contributed by atoms with E-state index in [9.17, 15) is 9.59 Å². The van der Waals surface area contributed by atoms with Gasteiger partial charge < -0.3 is 35.6 Å². The van der Waals surface area contributed by atoms with Crippen LogP contribution in [0.3, 0.4) is 0 Å². The Bertz CT molecular complexity index is 1750. The number of aromatic amines is 2. The van der Waals surface area contributed by atoms with Crippen molar-refractivity contribution in [1.82, 2.24) is 25.3 Å². The first-order valence-corrected chi connectivity index (χ1v) is 26.6. The highest BCUT2D eigenvalue weighted by molar-refractivity contribution is 7.20. The Kier molecular flexibility index (Phi) is 10.4. The van der Waals surface area contributed by atoms with Crippen molar-refractivity contribution in [3.05, 3.63) is 23.5 Å². The minimum atomic E-state index is -0.968. The molecule has 0 bridgehead atoms. The van der Waals surface area contributed by atoms with E-state index in [1.54, 1.807) is 43.1 Å². The fraction of sp³-hybridized carbons (Fsp3) is 0.667. The number of carboxylic acid groups (broad SMARTS) is 1. The highest BCUT2D eigenvalue weighted by Gasteiger charge is 2.40. The third-order valence-electron chi connectivity index (χ3n) is 12.2. The van der Waals surface area contributed by atoms with Gasteiger partial charge in [0.15, 0.2) is 11.3 Å². The largest absolute Gasteiger partial charge is 0.477 e. The first-order valence-electron chi connectivity index (χ1n) is 19.3. The van der Waals surface area contributed by atoms with Crippen molar-refractivity contribution < 1.29 is 24.2 Å². The van der Waals surface area contributed by atoms with E-state index >= 15 is 0 Å². The third-order valence-corrected chi connectivity index (χ3v) is 25.0. The van der Waals surface area contributed by atoms with Gasteiger partial charge in [-0.25, -0.2) is 4.79 Å². The number of nitrogens with two attached hydrogens (primary N) is 1. The lowest BCUT2D eigenvalue weighted by molar-refractivity contribution is 0.0691. The smallest absolute Gasteiger partial charge is 0.352 e. The SMILES string of the molecule is NC1CC[Si]2(CCCC2)CC1.O=C(NC1CC[Si]2(CCCC2)CC1)c1cc2sc(OC3CC3)nc2[nH]1.O=C(O)c1cc2sc(OC3CC3)nc2[nH]1. The molecular weight excluding hydrogens is 717 g/mol. The molecule has 8 heterocycles. The lowest BCUT2D eigenvalue weighted by Crippen LogP contribution is -2.43. The van der Waals surface area contributed by atoms with E-state index in [-0.39, 0.29) is 11.6 Å². The van der Waals surface area contributed by atoms with Gasteiger partial charge in [0.05, 0.1) is 25.5 Å². The summed E-state index contributed by atoms with van der Waals surface area (Å²) in [5, 5.41) is 13.3. The van der Waals surface area contributed by atoms with E-state index in [2.05, 4.69) is 25.3 Å². The van der Waals surface area contributed by atoms with Gasteiger partial charge >= 0.3 is 5.97 Å². The van der Waals surface area contributed by atoms with Gasteiger partial charge in [-0.1, -0.05) is 96.7 Å². The zero-order valence-electron chi connectivity index (χ0n) is 29.5. The number of carbonyl (C=O) groups is 2. The Hall–Kier alpha value is -2.73. The van der Waals surface area contributed by atoms with Gasteiger partial charge in [-0.05, 0) is 63.5 Å². The lowest BCUT2D eigenvalue weighted by atomic mass is 10.1. The summed E-state index contributed by atoms with van der Waals surface area (Å²) in [5.74, 6) is -0.950. The number of amides is 1. The summed E-state index contributed by atoms with van der Waals surface area (Å²) in [6.45, 7) is 0. The molecule has 11 nitrogen and oxygen atoms in total. The van der Waals surface area contributed by atoms with Gasteiger partial charge in [0.25, 0.3) is 16.3 Å². The number of aromatic carboxylic acids is 1. The van der Waals surface area contributed by atoms with Gasteiger partial charge in [0.2, 0.25) is 0 Å². The zero-order chi connectivity index (χ0) is 35.0. The first kappa shape index (κ1) is 35.3. The molecule has 2 saturated carbocycles. The van der Waals surface area contributed by atoms with Crippen LogP contribution in [0.4, 0.5) is 0 Å². The number of carbonyl (C=O) groups excluding carboxylic acids is 1. The minimum Gasteiger partial charge on any atom is -0.477 e. The predicted octanol–water partition coefficient (Wildman–Crippen LogP) is 8.51. The van der Waals surface area contributed by atoms with E-state index in [1.807, 2.05) is 6.07 Å². The molecular formula is C36H52N6O5S2Si2. The van der Waals surface area contributed by atoms with Gasteiger partial charge in [0.1, 0.15) is 23.6 Å². The molecule has 6 N–H and O–H groups in total. The molecule has 10 rings (SSSR count). The predicted molar refractivity (Wildman–Crippen MR) is 208 cm³/mol. The second kappa shape index (κ2) is 15.0. The van der Waals surface area contributed by atoms with Crippen LogP contribution in [0, 0.1) is 0 Å². The molecule has 4 aromatic heterocycles. The Morgan fingerprint density at radius 3 is 1.61 bits per heavy atom. The van der Waals surface area contributed by atoms with Gasteiger partial charge in [0, 0.05) is 12.1 Å². The number of thiazole rings is 2. The molecule has 4 aliphatic heterocycles. The normalized spacial score (nSPS) is 23.9. The van der Waals surface area contributed by atoms with Crippen LogP contribution in [0.2, 0.25) is 48.4 Å². The molecule has 51 heavy (non-hydrogen) atoms. The van der Waals surface area contributed by atoms with Crippen molar-refractivity contribution in [2.75, 3.05) is 0 Å². The van der Waals surface area contributed by atoms with Crippen molar-refractivity contribution in [1.29, 1.82) is 0 Å². The van der Waals surface area contributed by atoms with Crippen LogP contribution in [0.5, 0.6) is 10.4 Å². The molecule has 0 radical (unpaired) electrons. The van der Waals surface area contributed by atoms with Crippen LogP contribution < -0.4 is 20.5 Å². The number of rotatable bonds is 7. The zero-order valence-corrected chi connectivity index (χ0v) is 33.1. The summed E-state index contributed by atoms with van der Waals surface area (Å²) in [5.41, 5.74) is 8.07. The molecule has 0 unspecified atom stereocenters. The quantitative estimate of drug-likeness (QED) is 0.117. The Labute approximate surface area is 308 Å². The number of ether oxygens (including phenoxy) is 2. The molecule has 0 atom stereocenters. The van der Waals surface area contributed by atoms with Crippen LogP contribution in [0.15, 0.2) is 12.1 Å². The van der Waals surface area contributed by atoms with E-state index in [0.717, 1.165) is 45.9 Å². The Balaban J connectivity index is 0.000000122. The molecule has 15 heteroatoms. The average molecular weight is 769 g/mol. The second-order valence-electron chi connectivity index (χ2n) is 16.2. The minimum absolute atomic E-state index is 0.0175. The van der Waals surface area contributed by atoms with E-state index < -0.39 is 22.1 Å². The highest BCUT2D eigenvalue weighted by Crippen LogP contribution is 2.43. The Morgan fingerprint density at radius 2 is 1.16 bits per heavy atom. The van der Waals surface area contributed by atoms with Crippen LogP contribution in [-0.2, 0) is 0 Å². The maximum Gasteiger partial charge on any atom is 0.352 e. The molecule has 6 fully saturated rings. The summed E-state index contributed by atoms with van der Waals surface area (Å²) in [6, 6.07) is 16.7. The summed E-state index contributed by atoms with van der Waals surface area (Å²) in [4.78, 5) is 37.8. The number of hydrogen-bond acceptors (Lipinski definition) is 9.